The number of benzene rings is 1. The highest BCUT2D eigenvalue weighted by Gasteiger charge is 2.41. The highest BCUT2D eigenvalue weighted by Crippen LogP contribution is 2.40. The van der Waals surface area contributed by atoms with E-state index in [9.17, 15) is 0 Å². The SMILES string of the molecule is COc1cccc(CN2CCC[C@]3(CCN(c4ccccn4)C3)C2)c1. The van der Waals surface area contributed by atoms with Crippen molar-refractivity contribution in [3.63, 3.8) is 0 Å². The lowest BCUT2D eigenvalue weighted by molar-refractivity contribution is 0.0991. The molecule has 1 atom stereocenters. The molecule has 0 unspecified atom stereocenters. The number of methoxy groups -OCH3 is 1. The number of hydrogen-bond acceptors (Lipinski definition) is 4. The van der Waals surface area contributed by atoms with Crippen LogP contribution >= 0.6 is 0 Å². The van der Waals surface area contributed by atoms with Crippen LogP contribution in [0.15, 0.2) is 48.7 Å². The molecule has 0 amide bonds. The summed E-state index contributed by atoms with van der Waals surface area (Å²) in [6.45, 7) is 5.67. The molecule has 1 aromatic heterocycles. The summed E-state index contributed by atoms with van der Waals surface area (Å²) in [6, 6.07) is 14.7. The monoisotopic (exact) mass is 337 g/mol. The average molecular weight is 337 g/mol. The number of nitrogens with zero attached hydrogens (tertiary/aromatic N) is 3. The van der Waals surface area contributed by atoms with Gasteiger partial charge in [0, 0.05) is 37.8 Å². The lowest BCUT2D eigenvalue weighted by Crippen LogP contribution is -2.44. The first-order chi connectivity index (χ1) is 12.3. The molecule has 2 aliphatic heterocycles. The zero-order chi connectivity index (χ0) is 17.1. The van der Waals surface area contributed by atoms with E-state index in [1.165, 1.54) is 37.9 Å². The number of ether oxygens (including phenoxy) is 1. The van der Waals surface area contributed by atoms with E-state index < -0.39 is 0 Å². The van der Waals surface area contributed by atoms with E-state index in [2.05, 4.69) is 45.1 Å². The van der Waals surface area contributed by atoms with Crippen LogP contribution in [0.1, 0.15) is 24.8 Å². The maximum Gasteiger partial charge on any atom is 0.128 e. The summed E-state index contributed by atoms with van der Waals surface area (Å²) >= 11 is 0. The topological polar surface area (TPSA) is 28.6 Å². The van der Waals surface area contributed by atoms with Crippen molar-refractivity contribution in [1.29, 1.82) is 0 Å². The molecule has 132 valence electrons. The first kappa shape index (κ1) is 16.4. The maximum atomic E-state index is 5.37. The van der Waals surface area contributed by atoms with Crippen LogP contribution < -0.4 is 9.64 Å². The van der Waals surface area contributed by atoms with Gasteiger partial charge in [-0.3, -0.25) is 4.90 Å². The fraction of sp³-hybridized carbons (Fsp3) is 0.476. The summed E-state index contributed by atoms with van der Waals surface area (Å²) in [7, 11) is 1.74. The summed E-state index contributed by atoms with van der Waals surface area (Å²) in [4.78, 5) is 9.64. The first-order valence-electron chi connectivity index (χ1n) is 9.28. The van der Waals surface area contributed by atoms with Crippen LogP contribution in [0.4, 0.5) is 5.82 Å². The number of aromatic nitrogens is 1. The van der Waals surface area contributed by atoms with Crippen LogP contribution in [0.2, 0.25) is 0 Å². The normalized spacial score (nSPS) is 24.0. The summed E-state index contributed by atoms with van der Waals surface area (Å²) in [5.74, 6) is 2.08. The Kier molecular flexibility index (Phi) is 4.62. The molecule has 2 saturated heterocycles. The number of hydrogen-bond donors (Lipinski definition) is 0. The van der Waals surface area contributed by atoms with E-state index in [0.29, 0.717) is 5.41 Å². The summed E-state index contributed by atoms with van der Waals surface area (Å²) < 4.78 is 5.37. The van der Waals surface area contributed by atoms with Gasteiger partial charge in [-0.25, -0.2) is 4.98 Å². The van der Waals surface area contributed by atoms with Gasteiger partial charge in [0.1, 0.15) is 11.6 Å². The van der Waals surface area contributed by atoms with Crippen molar-refractivity contribution in [2.75, 3.05) is 38.2 Å². The molecule has 0 aliphatic carbocycles. The molecule has 4 nitrogen and oxygen atoms in total. The van der Waals surface area contributed by atoms with E-state index in [-0.39, 0.29) is 0 Å². The number of anilines is 1. The number of piperidine rings is 1. The Morgan fingerprint density at radius 3 is 2.88 bits per heavy atom. The average Bonchev–Trinajstić information content (AvgIpc) is 3.06. The number of pyridine rings is 1. The first-order valence-corrected chi connectivity index (χ1v) is 9.28. The van der Waals surface area contributed by atoms with Crippen molar-refractivity contribution < 1.29 is 4.74 Å². The predicted molar refractivity (Wildman–Crippen MR) is 101 cm³/mol. The van der Waals surface area contributed by atoms with Crippen LogP contribution in [0.3, 0.4) is 0 Å². The van der Waals surface area contributed by atoms with E-state index in [0.717, 1.165) is 31.2 Å². The minimum atomic E-state index is 0.425. The van der Waals surface area contributed by atoms with Crippen LogP contribution in [0.5, 0.6) is 5.75 Å². The van der Waals surface area contributed by atoms with Crippen molar-refractivity contribution in [3.05, 3.63) is 54.2 Å². The molecule has 0 N–H and O–H groups in total. The number of likely N-dealkylation sites (tertiary alicyclic amines) is 1. The van der Waals surface area contributed by atoms with Crippen molar-refractivity contribution in [1.82, 2.24) is 9.88 Å². The predicted octanol–water partition coefficient (Wildman–Crippen LogP) is 3.58. The third-order valence-corrected chi connectivity index (χ3v) is 5.69. The van der Waals surface area contributed by atoms with Gasteiger partial charge in [0.25, 0.3) is 0 Å². The Bertz CT molecular complexity index is 705. The molecule has 4 heteroatoms. The molecule has 0 saturated carbocycles. The molecule has 4 rings (SSSR count). The molecule has 2 aromatic rings. The van der Waals surface area contributed by atoms with Gasteiger partial charge in [0.05, 0.1) is 7.11 Å². The van der Waals surface area contributed by atoms with Crippen molar-refractivity contribution in [2.45, 2.75) is 25.8 Å². The molecule has 2 aliphatic rings. The van der Waals surface area contributed by atoms with Crippen LogP contribution in [0.25, 0.3) is 0 Å². The molecule has 2 fully saturated rings. The Morgan fingerprint density at radius 2 is 2.04 bits per heavy atom. The molecule has 0 radical (unpaired) electrons. The second kappa shape index (κ2) is 7.04. The van der Waals surface area contributed by atoms with E-state index >= 15 is 0 Å². The van der Waals surface area contributed by atoms with E-state index in [4.69, 9.17) is 4.74 Å². The molecule has 25 heavy (non-hydrogen) atoms. The largest absolute Gasteiger partial charge is 0.497 e. The molecule has 0 bridgehead atoms. The van der Waals surface area contributed by atoms with Gasteiger partial charge in [0.2, 0.25) is 0 Å². The second-order valence-corrected chi connectivity index (χ2v) is 7.53. The minimum Gasteiger partial charge on any atom is -0.497 e. The van der Waals surface area contributed by atoms with Crippen molar-refractivity contribution in [3.8, 4) is 5.75 Å². The van der Waals surface area contributed by atoms with Gasteiger partial charge >= 0.3 is 0 Å². The van der Waals surface area contributed by atoms with Gasteiger partial charge in [-0.05, 0) is 55.6 Å². The number of rotatable bonds is 4. The molecule has 3 heterocycles. The van der Waals surface area contributed by atoms with Crippen LogP contribution in [-0.2, 0) is 6.54 Å². The Morgan fingerprint density at radius 1 is 1.08 bits per heavy atom. The Labute approximate surface area is 150 Å². The van der Waals surface area contributed by atoms with E-state index in [1.54, 1.807) is 7.11 Å². The van der Waals surface area contributed by atoms with E-state index in [1.807, 2.05) is 18.3 Å². The lowest BCUT2D eigenvalue weighted by atomic mass is 9.79. The van der Waals surface area contributed by atoms with Gasteiger partial charge in [-0.2, -0.15) is 0 Å². The molecule has 1 aromatic carbocycles. The lowest BCUT2D eigenvalue weighted by Gasteiger charge is -2.40. The van der Waals surface area contributed by atoms with Crippen molar-refractivity contribution in [2.24, 2.45) is 5.41 Å². The van der Waals surface area contributed by atoms with Gasteiger partial charge in [-0.1, -0.05) is 18.2 Å². The fourth-order valence-electron chi connectivity index (χ4n) is 4.48. The van der Waals surface area contributed by atoms with Gasteiger partial charge in [-0.15, -0.1) is 0 Å². The molecular formula is C21H27N3O. The van der Waals surface area contributed by atoms with Crippen LogP contribution in [-0.4, -0.2) is 43.2 Å². The molecule has 1 spiro atoms. The van der Waals surface area contributed by atoms with Gasteiger partial charge < -0.3 is 9.64 Å². The van der Waals surface area contributed by atoms with Crippen molar-refractivity contribution >= 4 is 5.82 Å². The third kappa shape index (κ3) is 3.64. The minimum absolute atomic E-state index is 0.425. The summed E-state index contributed by atoms with van der Waals surface area (Å²) in [6.07, 6.45) is 5.81. The summed E-state index contributed by atoms with van der Waals surface area (Å²) in [5, 5.41) is 0. The Balaban J connectivity index is 1.42. The maximum absolute atomic E-state index is 5.37. The quantitative estimate of drug-likeness (QED) is 0.852. The highest BCUT2D eigenvalue weighted by atomic mass is 16.5. The smallest absolute Gasteiger partial charge is 0.128 e. The Hall–Kier alpha value is -2.07. The standard InChI is InChI=1S/C21H27N3O/c1-25-19-7-4-6-18(14-19)15-23-12-5-9-21(16-23)10-13-24(17-21)20-8-2-3-11-22-20/h2-4,6-8,11,14H,5,9-10,12-13,15-17H2,1H3/t21-/m0/s1. The third-order valence-electron chi connectivity index (χ3n) is 5.69. The van der Waals surface area contributed by atoms with Gasteiger partial charge in [0.15, 0.2) is 0 Å². The zero-order valence-electron chi connectivity index (χ0n) is 15.0. The highest BCUT2D eigenvalue weighted by molar-refractivity contribution is 5.40. The molecular weight excluding hydrogens is 310 g/mol. The second-order valence-electron chi connectivity index (χ2n) is 7.53. The van der Waals surface area contributed by atoms with Crippen LogP contribution in [0, 0.1) is 5.41 Å². The zero-order valence-corrected chi connectivity index (χ0v) is 15.0. The fourth-order valence-corrected chi connectivity index (χ4v) is 4.48. The summed E-state index contributed by atoms with van der Waals surface area (Å²) in [5.41, 5.74) is 1.77.